The molecule has 2 bridgehead atoms. The molecule has 0 nitrogen and oxygen atoms in total. The SMILES string of the molecule is CCCC1CC2CC1CC2CI. The molecule has 0 aromatic carbocycles. The van der Waals surface area contributed by atoms with Gasteiger partial charge in [-0.05, 0) is 42.9 Å². The third kappa shape index (κ3) is 1.53. The van der Waals surface area contributed by atoms with E-state index in [1.54, 1.807) is 19.3 Å². The second-order valence-corrected chi connectivity index (χ2v) is 5.57. The Balaban J connectivity index is 1.89. The maximum Gasteiger partial charge on any atom is 0.00264 e. The lowest BCUT2D eigenvalue weighted by molar-refractivity contribution is 0.263. The van der Waals surface area contributed by atoms with E-state index in [0.717, 1.165) is 23.7 Å². The number of hydrogen-bond donors (Lipinski definition) is 0. The zero-order valence-corrected chi connectivity index (χ0v) is 10.1. The van der Waals surface area contributed by atoms with Crippen LogP contribution in [0, 0.1) is 23.7 Å². The van der Waals surface area contributed by atoms with Gasteiger partial charge in [0.15, 0.2) is 0 Å². The number of fused-ring (bicyclic) bond motifs is 2. The van der Waals surface area contributed by atoms with Gasteiger partial charge in [-0.1, -0.05) is 42.4 Å². The molecular weight excluding hydrogens is 259 g/mol. The van der Waals surface area contributed by atoms with Crippen molar-refractivity contribution in [2.75, 3.05) is 4.43 Å². The van der Waals surface area contributed by atoms with Gasteiger partial charge >= 0.3 is 0 Å². The van der Waals surface area contributed by atoms with E-state index in [-0.39, 0.29) is 0 Å². The maximum absolute atomic E-state index is 2.58. The number of halogens is 1. The predicted octanol–water partition coefficient (Wildman–Crippen LogP) is 3.88. The van der Waals surface area contributed by atoms with Crippen molar-refractivity contribution in [3.05, 3.63) is 0 Å². The first-order valence-electron chi connectivity index (χ1n) is 5.41. The van der Waals surface area contributed by atoms with E-state index in [1.807, 2.05) is 0 Å². The fourth-order valence-electron chi connectivity index (χ4n) is 3.43. The first kappa shape index (κ1) is 9.29. The van der Waals surface area contributed by atoms with Crippen molar-refractivity contribution in [2.45, 2.75) is 39.0 Å². The average molecular weight is 278 g/mol. The van der Waals surface area contributed by atoms with Gasteiger partial charge in [0, 0.05) is 4.43 Å². The Hall–Kier alpha value is 0.730. The summed E-state index contributed by atoms with van der Waals surface area (Å²) in [6.45, 7) is 2.34. The fraction of sp³-hybridized carbons (Fsp3) is 1.00. The van der Waals surface area contributed by atoms with Crippen LogP contribution in [0.3, 0.4) is 0 Å². The summed E-state index contributed by atoms with van der Waals surface area (Å²) in [5, 5.41) is 0. The van der Waals surface area contributed by atoms with E-state index in [1.165, 1.54) is 17.3 Å². The summed E-state index contributed by atoms with van der Waals surface area (Å²) in [5.74, 6) is 4.49. The molecule has 0 saturated heterocycles. The topological polar surface area (TPSA) is 0 Å². The van der Waals surface area contributed by atoms with Crippen molar-refractivity contribution in [2.24, 2.45) is 23.7 Å². The molecule has 2 rings (SSSR count). The normalized spacial score (nSPS) is 45.5. The molecule has 12 heavy (non-hydrogen) atoms. The summed E-state index contributed by atoms with van der Waals surface area (Å²) in [7, 11) is 0. The summed E-state index contributed by atoms with van der Waals surface area (Å²) in [4.78, 5) is 0. The smallest absolute Gasteiger partial charge is 0.00264 e. The fourth-order valence-corrected chi connectivity index (χ4v) is 4.51. The molecule has 0 spiro atoms. The van der Waals surface area contributed by atoms with E-state index in [9.17, 15) is 0 Å². The second-order valence-electron chi connectivity index (χ2n) is 4.69. The van der Waals surface area contributed by atoms with Gasteiger partial charge < -0.3 is 0 Å². The van der Waals surface area contributed by atoms with Crippen LogP contribution in [0.5, 0.6) is 0 Å². The van der Waals surface area contributed by atoms with Gasteiger partial charge in [0.2, 0.25) is 0 Å². The highest BCUT2D eigenvalue weighted by Crippen LogP contribution is 2.53. The highest BCUT2D eigenvalue weighted by molar-refractivity contribution is 14.1. The van der Waals surface area contributed by atoms with Gasteiger partial charge in [-0.15, -0.1) is 0 Å². The van der Waals surface area contributed by atoms with Gasteiger partial charge in [-0.2, -0.15) is 0 Å². The molecule has 4 atom stereocenters. The molecule has 0 amide bonds. The highest BCUT2D eigenvalue weighted by atomic mass is 127. The minimum Gasteiger partial charge on any atom is -0.0861 e. The van der Waals surface area contributed by atoms with Gasteiger partial charge in [-0.25, -0.2) is 0 Å². The Bertz CT molecular complexity index is 155. The lowest BCUT2D eigenvalue weighted by Crippen LogP contribution is -2.18. The van der Waals surface area contributed by atoms with Gasteiger partial charge in [0.1, 0.15) is 0 Å². The predicted molar refractivity (Wildman–Crippen MR) is 61.6 cm³/mol. The Morgan fingerprint density at radius 2 is 1.75 bits per heavy atom. The molecule has 4 unspecified atom stereocenters. The van der Waals surface area contributed by atoms with Crippen molar-refractivity contribution in [3.63, 3.8) is 0 Å². The van der Waals surface area contributed by atoms with Gasteiger partial charge in [-0.3, -0.25) is 0 Å². The molecule has 1 heteroatoms. The molecule has 2 saturated carbocycles. The molecule has 0 heterocycles. The van der Waals surface area contributed by atoms with Crippen LogP contribution < -0.4 is 0 Å². The summed E-state index contributed by atoms with van der Waals surface area (Å²) in [6, 6.07) is 0. The quantitative estimate of drug-likeness (QED) is 0.543. The van der Waals surface area contributed by atoms with Crippen LogP contribution in [0.15, 0.2) is 0 Å². The first-order chi connectivity index (χ1) is 5.85. The van der Waals surface area contributed by atoms with Crippen molar-refractivity contribution < 1.29 is 0 Å². The molecule has 70 valence electrons. The highest BCUT2D eigenvalue weighted by Gasteiger charge is 2.44. The summed E-state index contributed by atoms with van der Waals surface area (Å²) in [5.41, 5.74) is 0. The minimum absolute atomic E-state index is 1.10. The van der Waals surface area contributed by atoms with Crippen molar-refractivity contribution in [3.8, 4) is 0 Å². The summed E-state index contributed by atoms with van der Waals surface area (Å²) < 4.78 is 1.41. The Morgan fingerprint density at radius 3 is 2.25 bits per heavy atom. The van der Waals surface area contributed by atoms with E-state index >= 15 is 0 Å². The van der Waals surface area contributed by atoms with Crippen LogP contribution in [-0.4, -0.2) is 4.43 Å². The van der Waals surface area contributed by atoms with Crippen LogP contribution in [0.25, 0.3) is 0 Å². The number of hydrogen-bond acceptors (Lipinski definition) is 0. The lowest BCUT2D eigenvalue weighted by atomic mass is 9.81. The molecule has 0 aromatic rings. The molecule has 2 aliphatic rings. The monoisotopic (exact) mass is 278 g/mol. The van der Waals surface area contributed by atoms with E-state index in [4.69, 9.17) is 0 Å². The molecule has 0 N–H and O–H groups in total. The largest absolute Gasteiger partial charge is 0.0861 e. The zero-order chi connectivity index (χ0) is 8.55. The average Bonchev–Trinajstić information content (AvgIpc) is 2.62. The zero-order valence-electron chi connectivity index (χ0n) is 7.93. The van der Waals surface area contributed by atoms with Crippen LogP contribution in [0.1, 0.15) is 39.0 Å². The molecule has 0 radical (unpaired) electrons. The number of alkyl halides is 1. The molecular formula is C11H19I. The standard InChI is InChI=1S/C11H19I/c1-2-3-8-4-10-5-9(8)6-11(10)7-12/h8-11H,2-7H2,1H3. The third-order valence-electron chi connectivity index (χ3n) is 4.01. The molecule has 0 aliphatic heterocycles. The molecule has 2 aliphatic carbocycles. The Kier molecular flexibility index (Phi) is 2.98. The second kappa shape index (κ2) is 3.85. The van der Waals surface area contributed by atoms with Crippen LogP contribution in [0.2, 0.25) is 0 Å². The van der Waals surface area contributed by atoms with Crippen LogP contribution in [0.4, 0.5) is 0 Å². The molecule has 0 aromatic heterocycles. The van der Waals surface area contributed by atoms with E-state index < -0.39 is 0 Å². The van der Waals surface area contributed by atoms with Crippen molar-refractivity contribution in [1.82, 2.24) is 0 Å². The third-order valence-corrected chi connectivity index (χ3v) is 5.14. The van der Waals surface area contributed by atoms with Gasteiger partial charge in [0.05, 0.1) is 0 Å². The molecule has 2 fully saturated rings. The van der Waals surface area contributed by atoms with Crippen molar-refractivity contribution >= 4 is 22.6 Å². The Morgan fingerprint density at radius 1 is 1.08 bits per heavy atom. The van der Waals surface area contributed by atoms with E-state index in [0.29, 0.717) is 0 Å². The Labute approximate surface area is 89.6 Å². The summed E-state index contributed by atoms with van der Waals surface area (Å²) in [6.07, 6.45) is 7.64. The lowest BCUT2D eigenvalue weighted by Gasteiger charge is -2.26. The van der Waals surface area contributed by atoms with Crippen molar-refractivity contribution in [1.29, 1.82) is 0 Å². The first-order valence-corrected chi connectivity index (χ1v) is 6.93. The van der Waals surface area contributed by atoms with Gasteiger partial charge in [0.25, 0.3) is 0 Å². The summed E-state index contributed by atoms with van der Waals surface area (Å²) >= 11 is 2.58. The van der Waals surface area contributed by atoms with E-state index in [2.05, 4.69) is 29.5 Å². The number of rotatable bonds is 3. The minimum atomic E-state index is 1.10. The maximum atomic E-state index is 2.58. The van der Waals surface area contributed by atoms with Crippen LogP contribution >= 0.6 is 22.6 Å². The van der Waals surface area contributed by atoms with Crippen LogP contribution in [-0.2, 0) is 0 Å².